The summed E-state index contributed by atoms with van der Waals surface area (Å²) in [5.74, 6) is 1.10. The number of hydrogen-bond acceptors (Lipinski definition) is 2. The summed E-state index contributed by atoms with van der Waals surface area (Å²) < 4.78 is 9.24. The van der Waals surface area contributed by atoms with Gasteiger partial charge in [0.1, 0.15) is 17.1 Å². The molecule has 0 radical (unpaired) electrons. The number of aromatic hydroxyl groups is 1. The van der Waals surface area contributed by atoms with Crippen molar-refractivity contribution in [2.75, 3.05) is 0 Å². The molecule has 2 aromatic carbocycles. The number of fused-ring (bicyclic) bond motifs is 1. The summed E-state index contributed by atoms with van der Waals surface area (Å²) in [5.41, 5.74) is 1.55. The summed E-state index contributed by atoms with van der Waals surface area (Å²) in [7, 11) is 0. The molecule has 0 aliphatic carbocycles. The Labute approximate surface area is 161 Å². The molecule has 3 rings (SSSR count). The Balaban J connectivity index is 2.17. The van der Waals surface area contributed by atoms with E-state index in [-0.39, 0.29) is 11.2 Å². The lowest BCUT2D eigenvalue weighted by Crippen LogP contribution is -2.41. The molecule has 1 unspecified atom stereocenters. The molecule has 0 bridgehead atoms. The molecule has 23 heavy (non-hydrogen) atoms. The Hall–Kier alpha value is -0.520. The molecule has 1 aliphatic heterocycles. The Bertz CT molecular complexity index is 766. The van der Waals surface area contributed by atoms with Crippen molar-refractivity contribution in [1.82, 2.24) is 0 Å². The minimum atomic E-state index is -0.520. The van der Waals surface area contributed by atoms with Gasteiger partial charge in [-0.2, -0.15) is 0 Å². The maximum absolute atomic E-state index is 9.95. The summed E-state index contributed by atoms with van der Waals surface area (Å²) >= 11 is 10.6. The highest BCUT2D eigenvalue weighted by atomic mass is 79.9. The first kappa shape index (κ1) is 17.3. The van der Waals surface area contributed by atoms with Crippen molar-refractivity contribution in [2.45, 2.75) is 38.2 Å². The van der Waals surface area contributed by atoms with E-state index in [1.165, 1.54) is 5.56 Å². The van der Waals surface area contributed by atoms with Crippen LogP contribution in [0.1, 0.15) is 38.3 Å². The lowest BCUT2D eigenvalue weighted by atomic mass is 9.71. The zero-order chi connectivity index (χ0) is 17.0. The molecule has 0 spiro atoms. The second kappa shape index (κ2) is 5.78. The van der Waals surface area contributed by atoms with Gasteiger partial charge in [-0.15, -0.1) is 0 Å². The summed E-state index contributed by atoms with van der Waals surface area (Å²) in [6.07, 6.45) is 0.811. The van der Waals surface area contributed by atoms with Crippen LogP contribution in [-0.4, -0.2) is 5.11 Å². The van der Waals surface area contributed by atoms with Crippen molar-refractivity contribution in [3.8, 4) is 11.5 Å². The minimum Gasteiger partial charge on any atom is -0.508 e. The number of phenolic OH excluding ortho intramolecular Hbond substituents is 1. The molecule has 1 atom stereocenters. The Kier molecular flexibility index (Phi) is 4.35. The van der Waals surface area contributed by atoms with E-state index in [1.807, 2.05) is 12.1 Å². The molecular formula is C18H17Br3O2. The lowest BCUT2D eigenvalue weighted by Gasteiger charge is -2.45. The third-order valence-electron chi connectivity index (χ3n) is 4.34. The highest BCUT2D eigenvalue weighted by molar-refractivity contribution is 9.11. The number of rotatable bonds is 1. The van der Waals surface area contributed by atoms with Crippen LogP contribution in [0.2, 0.25) is 0 Å². The summed E-state index contributed by atoms with van der Waals surface area (Å²) in [5, 5.41) is 9.95. The third-order valence-corrected chi connectivity index (χ3v) is 5.84. The zero-order valence-corrected chi connectivity index (χ0v) is 17.8. The van der Waals surface area contributed by atoms with Crippen molar-refractivity contribution in [3.63, 3.8) is 0 Å². The van der Waals surface area contributed by atoms with Crippen LogP contribution < -0.4 is 4.74 Å². The smallest absolute Gasteiger partial charge is 0.138 e. The molecule has 2 nitrogen and oxygen atoms in total. The van der Waals surface area contributed by atoms with Gasteiger partial charge in [0.15, 0.2) is 0 Å². The average molecular weight is 505 g/mol. The summed E-state index contributed by atoms with van der Waals surface area (Å²) in [6, 6.07) is 9.59. The van der Waals surface area contributed by atoms with E-state index in [2.05, 4.69) is 74.6 Å². The first-order chi connectivity index (χ1) is 10.6. The van der Waals surface area contributed by atoms with Crippen LogP contribution in [0.25, 0.3) is 0 Å². The Morgan fingerprint density at radius 1 is 0.957 bits per heavy atom. The predicted octanol–water partition coefficient (Wildman–Crippen LogP) is 6.66. The van der Waals surface area contributed by atoms with Gasteiger partial charge in [0.2, 0.25) is 0 Å². The van der Waals surface area contributed by atoms with Gasteiger partial charge in [0.25, 0.3) is 0 Å². The second-order valence-corrected chi connectivity index (χ2v) is 9.54. The van der Waals surface area contributed by atoms with Crippen LogP contribution in [0, 0.1) is 0 Å². The van der Waals surface area contributed by atoms with Crippen molar-refractivity contribution < 1.29 is 9.84 Å². The standard InChI is InChI=1S/C18H17Br3O2/c1-17(2)9-18(3,10-4-11(19)6-13(22)5-10)23-16-14(17)7-12(20)8-15(16)21/h4-8,22H,9H2,1-3H3. The van der Waals surface area contributed by atoms with Gasteiger partial charge in [0.05, 0.1) is 4.47 Å². The number of phenols is 1. The predicted molar refractivity (Wildman–Crippen MR) is 103 cm³/mol. The quantitative estimate of drug-likeness (QED) is 0.471. The third kappa shape index (κ3) is 3.20. The molecule has 0 saturated carbocycles. The van der Waals surface area contributed by atoms with E-state index in [9.17, 15) is 5.11 Å². The van der Waals surface area contributed by atoms with Gasteiger partial charge in [-0.25, -0.2) is 0 Å². The zero-order valence-electron chi connectivity index (χ0n) is 13.1. The molecule has 1 heterocycles. The van der Waals surface area contributed by atoms with Crippen LogP contribution in [0.4, 0.5) is 0 Å². The summed E-state index contributed by atoms with van der Waals surface area (Å²) in [4.78, 5) is 0. The van der Waals surface area contributed by atoms with Gasteiger partial charge >= 0.3 is 0 Å². The van der Waals surface area contributed by atoms with E-state index >= 15 is 0 Å². The topological polar surface area (TPSA) is 29.5 Å². The maximum Gasteiger partial charge on any atom is 0.138 e. The van der Waals surface area contributed by atoms with Gasteiger partial charge < -0.3 is 9.84 Å². The normalized spacial score (nSPS) is 22.3. The Morgan fingerprint density at radius 2 is 1.61 bits per heavy atom. The highest BCUT2D eigenvalue weighted by Crippen LogP contribution is 2.52. The van der Waals surface area contributed by atoms with Crippen LogP contribution in [0.3, 0.4) is 0 Å². The maximum atomic E-state index is 9.95. The van der Waals surface area contributed by atoms with Crippen molar-refractivity contribution in [3.05, 3.63) is 54.9 Å². The molecule has 5 heteroatoms. The van der Waals surface area contributed by atoms with Crippen LogP contribution in [-0.2, 0) is 11.0 Å². The molecule has 1 aliphatic rings. The largest absolute Gasteiger partial charge is 0.508 e. The average Bonchev–Trinajstić information content (AvgIpc) is 2.39. The van der Waals surface area contributed by atoms with E-state index in [4.69, 9.17) is 4.74 Å². The molecule has 0 aromatic heterocycles. The number of ether oxygens (including phenoxy) is 1. The second-order valence-electron chi connectivity index (χ2n) is 6.86. The molecule has 0 fully saturated rings. The van der Waals surface area contributed by atoms with E-state index < -0.39 is 5.60 Å². The van der Waals surface area contributed by atoms with E-state index in [1.54, 1.807) is 12.1 Å². The van der Waals surface area contributed by atoms with Crippen LogP contribution >= 0.6 is 47.8 Å². The fourth-order valence-electron chi connectivity index (χ4n) is 3.41. The molecule has 0 amide bonds. The Morgan fingerprint density at radius 3 is 2.26 bits per heavy atom. The van der Waals surface area contributed by atoms with E-state index in [0.29, 0.717) is 0 Å². The van der Waals surface area contributed by atoms with Crippen molar-refractivity contribution in [1.29, 1.82) is 0 Å². The van der Waals surface area contributed by atoms with Gasteiger partial charge in [-0.3, -0.25) is 0 Å². The van der Waals surface area contributed by atoms with Gasteiger partial charge in [-0.05, 0) is 64.2 Å². The molecule has 0 saturated heterocycles. The van der Waals surface area contributed by atoms with Crippen LogP contribution in [0.15, 0.2) is 43.7 Å². The van der Waals surface area contributed by atoms with Crippen LogP contribution in [0.5, 0.6) is 11.5 Å². The lowest BCUT2D eigenvalue weighted by molar-refractivity contribution is 0.0313. The van der Waals surface area contributed by atoms with Gasteiger partial charge in [0, 0.05) is 20.9 Å². The van der Waals surface area contributed by atoms with E-state index in [0.717, 1.165) is 31.2 Å². The first-order valence-electron chi connectivity index (χ1n) is 7.29. The SMILES string of the molecule is CC1(C)CC(C)(c2cc(O)cc(Br)c2)Oc2c(Br)cc(Br)cc21. The molecule has 122 valence electrons. The highest BCUT2D eigenvalue weighted by Gasteiger charge is 2.44. The fraction of sp³-hybridized carbons (Fsp3) is 0.333. The monoisotopic (exact) mass is 502 g/mol. The number of hydrogen-bond donors (Lipinski definition) is 1. The molecular weight excluding hydrogens is 488 g/mol. The number of halogens is 3. The first-order valence-corrected chi connectivity index (χ1v) is 9.67. The van der Waals surface area contributed by atoms with Crippen molar-refractivity contribution in [2.24, 2.45) is 0 Å². The molecule has 1 N–H and O–H groups in total. The summed E-state index contributed by atoms with van der Waals surface area (Å²) in [6.45, 7) is 6.53. The minimum absolute atomic E-state index is 0.0629. The number of benzene rings is 2. The van der Waals surface area contributed by atoms with Crippen molar-refractivity contribution >= 4 is 47.8 Å². The van der Waals surface area contributed by atoms with Gasteiger partial charge in [-0.1, -0.05) is 45.7 Å². The molecule has 2 aromatic rings. The fourth-order valence-corrected chi connectivity index (χ4v) is 5.19.